The van der Waals surface area contributed by atoms with Gasteiger partial charge >= 0.3 is 0 Å². The van der Waals surface area contributed by atoms with Crippen LogP contribution in [-0.2, 0) is 19.3 Å². The highest BCUT2D eigenvalue weighted by Crippen LogP contribution is 2.29. The topological polar surface area (TPSA) is 36.0 Å². The first-order chi connectivity index (χ1) is 8.79. The second-order valence-electron chi connectivity index (χ2n) is 5.43. The van der Waals surface area contributed by atoms with Crippen LogP contribution in [0.3, 0.4) is 0 Å². The Bertz CT molecular complexity index is 568. The van der Waals surface area contributed by atoms with E-state index in [-0.39, 0.29) is 6.61 Å². The summed E-state index contributed by atoms with van der Waals surface area (Å²) in [6.07, 6.45) is 7.18. The molecule has 2 N–H and O–H groups in total. The lowest BCUT2D eigenvalue weighted by Gasteiger charge is -2.06. The zero-order valence-electron chi connectivity index (χ0n) is 11.1. The van der Waals surface area contributed by atoms with Crippen molar-refractivity contribution in [3.05, 3.63) is 34.5 Å². The molecule has 1 heterocycles. The second-order valence-corrected chi connectivity index (χ2v) is 5.43. The van der Waals surface area contributed by atoms with Gasteiger partial charge in [-0.25, -0.2) is 0 Å². The highest BCUT2D eigenvalue weighted by molar-refractivity contribution is 5.86. The number of aryl methyl sites for hydroxylation is 3. The van der Waals surface area contributed by atoms with Crippen molar-refractivity contribution in [2.75, 3.05) is 6.61 Å². The highest BCUT2D eigenvalue weighted by Gasteiger charge is 2.13. The largest absolute Gasteiger partial charge is 0.396 e. The zero-order valence-corrected chi connectivity index (χ0v) is 11.1. The van der Waals surface area contributed by atoms with Crippen molar-refractivity contribution < 1.29 is 5.11 Å². The first kappa shape index (κ1) is 11.8. The summed E-state index contributed by atoms with van der Waals surface area (Å²) in [5, 5.41) is 10.5. The molecule has 0 bridgehead atoms. The molecule has 3 rings (SSSR count). The van der Waals surface area contributed by atoms with E-state index in [1.807, 2.05) is 0 Å². The summed E-state index contributed by atoms with van der Waals surface area (Å²) in [5.74, 6) is 0. The first-order valence-electron chi connectivity index (χ1n) is 7.03. The lowest BCUT2D eigenvalue weighted by atomic mass is 9.98. The summed E-state index contributed by atoms with van der Waals surface area (Å²) < 4.78 is 0. The Morgan fingerprint density at radius 2 is 1.83 bits per heavy atom. The molecule has 0 saturated carbocycles. The molecule has 1 aromatic heterocycles. The normalized spacial score (nSPS) is 15.7. The Hall–Kier alpha value is -1.28. The summed E-state index contributed by atoms with van der Waals surface area (Å²) in [6, 6.07) is 4.70. The maximum atomic E-state index is 9.19. The van der Waals surface area contributed by atoms with Crippen LogP contribution in [0, 0.1) is 6.92 Å². The molecule has 1 aromatic carbocycles. The predicted molar refractivity (Wildman–Crippen MR) is 75.1 cm³/mol. The number of H-pyrrole nitrogens is 1. The van der Waals surface area contributed by atoms with Crippen molar-refractivity contribution in [1.82, 2.24) is 4.98 Å². The third-order valence-electron chi connectivity index (χ3n) is 4.19. The quantitative estimate of drug-likeness (QED) is 0.780. The van der Waals surface area contributed by atoms with Crippen LogP contribution in [0.25, 0.3) is 10.9 Å². The van der Waals surface area contributed by atoms with Gasteiger partial charge in [0.15, 0.2) is 0 Å². The number of rotatable bonds is 2. The summed E-state index contributed by atoms with van der Waals surface area (Å²) in [6.45, 7) is 2.33. The van der Waals surface area contributed by atoms with Gasteiger partial charge < -0.3 is 10.1 Å². The molecule has 0 unspecified atom stereocenters. The molecule has 0 spiro atoms. The van der Waals surface area contributed by atoms with Crippen LogP contribution in [0.5, 0.6) is 0 Å². The van der Waals surface area contributed by atoms with E-state index >= 15 is 0 Å². The van der Waals surface area contributed by atoms with Crippen molar-refractivity contribution in [2.24, 2.45) is 0 Å². The Morgan fingerprint density at radius 3 is 2.56 bits per heavy atom. The van der Waals surface area contributed by atoms with Gasteiger partial charge in [0.05, 0.1) is 0 Å². The fraction of sp³-hybridized carbons (Fsp3) is 0.500. The van der Waals surface area contributed by atoms with Crippen molar-refractivity contribution >= 4 is 10.9 Å². The molecular weight excluding hydrogens is 222 g/mol. The van der Waals surface area contributed by atoms with E-state index in [9.17, 15) is 5.11 Å². The van der Waals surface area contributed by atoms with Crippen molar-refractivity contribution in [1.29, 1.82) is 0 Å². The van der Waals surface area contributed by atoms with Crippen LogP contribution in [0.1, 0.15) is 41.6 Å². The summed E-state index contributed by atoms with van der Waals surface area (Å²) in [4.78, 5) is 3.47. The van der Waals surface area contributed by atoms with E-state index in [4.69, 9.17) is 0 Å². The fourth-order valence-electron chi connectivity index (χ4n) is 3.23. The van der Waals surface area contributed by atoms with Gasteiger partial charge in [0, 0.05) is 23.2 Å². The molecule has 1 aliphatic carbocycles. The smallest absolute Gasteiger partial charge is 0.0472 e. The minimum Gasteiger partial charge on any atom is -0.396 e. The lowest BCUT2D eigenvalue weighted by molar-refractivity contribution is 0.300. The molecule has 0 fully saturated rings. The van der Waals surface area contributed by atoms with E-state index in [2.05, 4.69) is 24.0 Å². The van der Waals surface area contributed by atoms with Gasteiger partial charge in [0.25, 0.3) is 0 Å². The lowest BCUT2D eigenvalue weighted by Crippen LogP contribution is -1.93. The average molecular weight is 243 g/mol. The summed E-state index contributed by atoms with van der Waals surface area (Å²) in [5.41, 5.74) is 6.80. The SMILES string of the molecule is Cc1[nH]c2cc3c(cc2c1CCO)CCCCC3. The molecule has 0 atom stereocenters. The molecule has 18 heavy (non-hydrogen) atoms. The summed E-state index contributed by atoms with van der Waals surface area (Å²) in [7, 11) is 0. The van der Waals surface area contributed by atoms with Crippen LogP contribution >= 0.6 is 0 Å². The minimum atomic E-state index is 0.227. The maximum absolute atomic E-state index is 9.19. The van der Waals surface area contributed by atoms with Gasteiger partial charge in [-0.2, -0.15) is 0 Å². The number of aliphatic hydroxyl groups is 1. The van der Waals surface area contributed by atoms with Crippen LogP contribution in [0.2, 0.25) is 0 Å². The van der Waals surface area contributed by atoms with Crippen molar-refractivity contribution in [3.8, 4) is 0 Å². The molecule has 2 nitrogen and oxygen atoms in total. The molecule has 1 aliphatic rings. The monoisotopic (exact) mass is 243 g/mol. The van der Waals surface area contributed by atoms with Gasteiger partial charge in [-0.3, -0.25) is 0 Å². The van der Waals surface area contributed by atoms with Gasteiger partial charge in [0.2, 0.25) is 0 Å². The first-order valence-corrected chi connectivity index (χ1v) is 7.03. The maximum Gasteiger partial charge on any atom is 0.0472 e. The number of hydrogen-bond donors (Lipinski definition) is 2. The van der Waals surface area contributed by atoms with E-state index in [1.165, 1.54) is 65.4 Å². The third-order valence-corrected chi connectivity index (χ3v) is 4.19. The summed E-state index contributed by atoms with van der Waals surface area (Å²) >= 11 is 0. The second kappa shape index (κ2) is 4.77. The number of aliphatic hydroxyl groups excluding tert-OH is 1. The number of aromatic amines is 1. The zero-order chi connectivity index (χ0) is 12.5. The van der Waals surface area contributed by atoms with E-state index in [0.717, 1.165) is 6.42 Å². The van der Waals surface area contributed by atoms with Crippen LogP contribution in [0.15, 0.2) is 12.1 Å². The molecule has 0 amide bonds. The molecular formula is C16H21NO. The number of benzene rings is 1. The molecule has 2 heteroatoms. The van der Waals surface area contributed by atoms with E-state index in [0.29, 0.717) is 0 Å². The number of aromatic nitrogens is 1. The Balaban J connectivity index is 2.16. The van der Waals surface area contributed by atoms with Crippen LogP contribution in [-0.4, -0.2) is 16.7 Å². The molecule has 0 radical (unpaired) electrons. The Kier molecular flexibility index (Phi) is 3.13. The third kappa shape index (κ3) is 1.95. The fourth-order valence-corrected chi connectivity index (χ4v) is 3.23. The molecule has 0 aliphatic heterocycles. The van der Waals surface area contributed by atoms with E-state index < -0.39 is 0 Å². The van der Waals surface area contributed by atoms with Gasteiger partial charge in [0.1, 0.15) is 0 Å². The van der Waals surface area contributed by atoms with Crippen molar-refractivity contribution in [2.45, 2.75) is 45.4 Å². The molecule has 2 aromatic rings. The average Bonchev–Trinajstić information content (AvgIpc) is 2.54. The Labute approximate surface area is 108 Å². The van der Waals surface area contributed by atoms with Gasteiger partial charge in [-0.05, 0) is 67.9 Å². The number of nitrogens with one attached hydrogen (secondary N) is 1. The standard InChI is InChI=1S/C16H21NO/c1-11-14(7-8-18)15-9-12-5-3-2-4-6-13(12)10-16(15)17-11/h9-10,17-18H,2-8H2,1H3. The molecule has 0 saturated heterocycles. The number of fused-ring (bicyclic) bond motifs is 2. The van der Waals surface area contributed by atoms with E-state index in [1.54, 1.807) is 0 Å². The van der Waals surface area contributed by atoms with Crippen molar-refractivity contribution in [3.63, 3.8) is 0 Å². The minimum absolute atomic E-state index is 0.227. The van der Waals surface area contributed by atoms with Gasteiger partial charge in [-0.1, -0.05) is 6.42 Å². The van der Waals surface area contributed by atoms with Crippen LogP contribution in [0.4, 0.5) is 0 Å². The predicted octanol–water partition coefficient (Wildman–Crippen LogP) is 3.28. The van der Waals surface area contributed by atoms with Crippen LogP contribution < -0.4 is 0 Å². The highest BCUT2D eigenvalue weighted by atomic mass is 16.2. The Morgan fingerprint density at radius 1 is 1.11 bits per heavy atom. The molecule has 96 valence electrons. The van der Waals surface area contributed by atoms with Gasteiger partial charge in [-0.15, -0.1) is 0 Å². The number of hydrogen-bond acceptors (Lipinski definition) is 1.